The third-order valence-electron chi connectivity index (χ3n) is 5.80. The Hall–Kier alpha value is -4.77. The van der Waals surface area contributed by atoms with E-state index in [-0.39, 0.29) is 7.43 Å². The quantitative estimate of drug-likeness (QED) is 0.124. The highest BCUT2D eigenvalue weighted by atomic mass is 127. The zero-order chi connectivity index (χ0) is 30.3. The molecule has 2 aromatic heterocycles. The molecule has 0 unspecified atom stereocenters. The van der Waals surface area contributed by atoms with Crippen LogP contribution in [0.1, 0.15) is 18.8 Å². The van der Waals surface area contributed by atoms with Crippen LogP contribution < -0.4 is 14.2 Å². The van der Waals surface area contributed by atoms with Gasteiger partial charge < -0.3 is 28.2 Å². The summed E-state index contributed by atoms with van der Waals surface area (Å²) in [5.74, 6) is 4.00. The van der Waals surface area contributed by atoms with Crippen molar-refractivity contribution in [3.8, 4) is 45.9 Å². The minimum Gasteiger partial charge on any atom is -0.508 e. The molecule has 0 radical (unpaired) electrons. The van der Waals surface area contributed by atoms with E-state index in [9.17, 15) is 0 Å². The molecule has 0 amide bonds. The number of alkyl halides is 1. The fraction of sp³-hybridized carbons (Fsp3) is 0.143. The van der Waals surface area contributed by atoms with Crippen molar-refractivity contribution in [1.29, 1.82) is 0 Å². The molecule has 4 aromatic carbocycles. The van der Waals surface area contributed by atoms with Crippen LogP contribution in [0.3, 0.4) is 0 Å². The Morgan fingerprint density at radius 2 is 1.07 bits per heavy atom. The van der Waals surface area contributed by atoms with Crippen molar-refractivity contribution in [3.05, 3.63) is 133 Å². The lowest BCUT2D eigenvalue weighted by Crippen LogP contribution is -1.95. The summed E-state index contributed by atoms with van der Waals surface area (Å²) < 4.78 is 27.5. The van der Waals surface area contributed by atoms with E-state index >= 15 is 0 Å². The molecular formula is C35H35IN2O6. The molecule has 0 bridgehead atoms. The van der Waals surface area contributed by atoms with Gasteiger partial charge in [-0.2, -0.15) is 0 Å². The number of aromatic hydroxyl groups is 1. The third-order valence-corrected chi connectivity index (χ3v) is 6.58. The lowest BCUT2D eigenvalue weighted by Gasteiger charge is -2.02. The van der Waals surface area contributed by atoms with Gasteiger partial charge in [0.05, 0.1) is 19.9 Å². The van der Waals surface area contributed by atoms with Crippen LogP contribution in [0.4, 0.5) is 0 Å². The highest BCUT2D eigenvalue weighted by Crippen LogP contribution is 2.23. The largest absolute Gasteiger partial charge is 0.508 e. The van der Waals surface area contributed by atoms with Crippen molar-refractivity contribution < 1.29 is 28.2 Å². The van der Waals surface area contributed by atoms with Crippen LogP contribution in [0.15, 0.2) is 131 Å². The van der Waals surface area contributed by atoms with Crippen molar-refractivity contribution in [2.24, 2.45) is 0 Å². The van der Waals surface area contributed by atoms with E-state index in [0.717, 1.165) is 44.2 Å². The topological polar surface area (TPSA) is 100.0 Å². The molecule has 9 heteroatoms. The summed E-state index contributed by atoms with van der Waals surface area (Å²) in [5, 5.41) is 8.63. The summed E-state index contributed by atoms with van der Waals surface area (Å²) in [6.45, 7) is 0.379. The number of phenolic OH excluding ortho intramolecular Hbond substituents is 1. The Labute approximate surface area is 271 Å². The Balaban J connectivity index is 0.000000200. The van der Waals surface area contributed by atoms with Crippen LogP contribution >= 0.6 is 22.6 Å². The number of oxazole rings is 2. The van der Waals surface area contributed by atoms with E-state index in [0.29, 0.717) is 24.1 Å². The molecule has 228 valence electrons. The molecule has 0 saturated heterocycles. The summed E-state index contributed by atoms with van der Waals surface area (Å²) >= 11 is 2.25. The minimum atomic E-state index is 0. The maximum absolute atomic E-state index is 8.63. The zero-order valence-electron chi connectivity index (χ0n) is 23.7. The van der Waals surface area contributed by atoms with E-state index in [2.05, 4.69) is 32.6 Å². The first-order valence-corrected chi connectivity index (χ1v) is 14.8. The van der Waals surface area contributed by atoms with Crippen molar-refractivity contribution in [3.63, 3.8) is 0 Å². The molecule has 44 heavy (non-hydrogen) atoms. The monoisotopic (exact) mass is 706 g/mol. The number of phenols is 1. The Morgan fingerprint density at radius 1 is 0.614 bits per heavy atom. The van der Waals surface area contributed by atoms with Crippen LogP contribution in [-0.2, 0) is 11.0 Å². The van der Waals surface area contributed by atoms with E-state index < -0.39 is 0 Å². The molecule has 0 aliphatic heterocycles. The van der Waals surface area contributed by atoms with Gasteiger partial charge in [0.1, 0.15) is 47.8 Å². The van der Waals surface area contributed by atoms with Gasteiger partial charge in [-0.25, -0.2) is 9.97 Å². The lowest BCUT2D eigenvalue weighted by molar-refractivity contribution is 0.301. The molecule has 6 aromatic rings. The van der Waals surface area contributed by atoms with E-state index in [4.69, 9.17) is 28.2 Å². The van der Waals surface area contributed by atoms with Gasteiger partial charge in [0.25, 0.3) is 0 Å². The van der Waals surface area contributed by atoms with Gasteiger partial charge in [0, 0.05) is 15.6 Å². The average Bonchev–Trinajstić information content (AvgIpc) is 3.76. The van der Waals surface area contributed by atoms with Gasteiger partial charge in [-0.15, -0.1) is 0 Å². The molecule has 0 aliphatic rings. The molecule has 0 saturated carbocycles. The van der Waals surface area contributed by atoms with Gasteiger partial charge in [0.2, 0.25) is 11.8 Å². The molecule has 6 rings (SSSR count). The second-order valence-electron chi connectivity index (χ2n) is 8.82. The second kappa shape index (κ2) is 18.0. The maximum atomic E-state index is 8.63. The molecule has 0 aliphatic carbocycles. The van der Waals surface area contributed by atoms with E-state index in [1.807, 2.05) is 84.9 Å². The van der Waals surface area contributed by atoms with Crippen molar-refractivity contribution in [2.75, 3.05) is 14.2 Å². The fourth-order valence-corrected chi connectivity index (χ4v) is 3.93. The molecule has 8 nitrogen and oxygen atoms in total. The standard InChI is InChI=1S/C17H15NO3.C11H10INO2.C6H6O.CH4/c1-19-15-9-7-13(8-10-15)17-18-14(12-21-17)11-20-16-5-3-2-4-6-16;1-14-10-4-2-8(3-5-10)11-13-9(6-12)7-15-11;7-6-4-2-1-3-5-6;/h2-10,12H,11H2,1H3;2-5,7H,6H2,1H3;1-5,7H;1H4. The van der Waals surface area contributed by atoms with Crippen LogP contribution in [0.25, 0.3) is 22.9 Å². The summed E-state index contributed by atoms with van der Waals surface area (Å²) in [7, 11) is 3.29. The molecule has 0 atom stereocenters. The fourth-order valence-electron chi connectivity index (χ4n) is 3.58. The number of rotatable bonds is 8. The number of hydrogen-bond donors (Lipinski definition) is 1. The van der Waals surface area contributed by atoms with Gasteiger partial charge in [-0.1, -0.05) is 66.4 Å². The van der Waals surface area contributed by atoms with E-state index in [1.54, 1.807) is 51.0 Å². The highest BCUT2D eigenvalue weighted by Gasteiger charge is 2.08. The first-order valence-electron chi connectivity index (χ1n) is 13.2. The summed E-state index contributed by atoms with van der Waals surface area (Å²) in [6.07, 6.45) is 3.30. The number of aromatic nitrogens is 2. The second-order valence-corrected chi connectivity index (χ2v) is 9.58. The van der Waals surface area contributed by atoms with Crippen LogP contribution in [0.5, 0.6) is 23.0 Å². The van der Waals surface area contributed by atoms with E-state index in [1.165, 1.54) is 0 Å². The summed E-state index contributed by atoms with van der Waals surface area (Å²) in [5.41, 5.74) is 3.58. The molecule has 2 heterocycles. The Morgan fingerprint density at radius 3 is 1.48 bits per heavy atom. The SMILES string of the molecule is C.COc1ccc(-c2nc(CI)co2)cc1.COc1ccc(-c2nc(COc3ccccc3)co2)cc1.Oc1ccccc1. The first kappa shape index (κ1) is 33.7. The first-order chi connectivity index (χ1) is 21.1. The van der Waals surface area contributed by atoms with Gasteiger partial charge in [-0.3, -0.25) is 0 Å². The van der Waals surface area contributed by atoms with Crippen molar-refractivity contribution in [2.45, 2.75) is 18.5 Å². The number of ether oxygens (including phenoxy) is 3. The summed E-state index contributed by atoms with van der Waals surface area (Å²) in [6, 6.07) is 33.6. The number of benzene rings is 4. The minimum absolute atomic E-state index is 0. The molecule has 0 spiro atoms. The number of halogens is 1. The Kier molecular flexibility index (Phi) is 13.8. The van der Waals surface area contributed by atoms with Crippen molar-refractivity contribution >= 4 is 22.6 Å². The maximum Gasteiger partial charge on any atom is 0.226 e. The molecular weight excluding hydrogens is 671 g/mol. The normalized spacial score (nSPS) is 9.80. The predicted molar refractivity (Wildman–Crippen MR) is 180 cm³/mol. The number of hydrogen-bond acceptors (Lipinski definition) is 8. The number of methoxy groups -OCH3 is 2. The van der Waals surface area contributed by atoms with Crippen LogP contribution in [0.2, 0.25) is 0 Å². The zero-order valence-corrected chi connectivity index (χ0v) is 25.9. The lowest BCUT2D eigenvalue weighted by atomic mass is 10.2. The van der Waals surface area contributed by atoms with Crippen LogP contribution in [0, 0.1) is 0 Å². The molecule has 0 fully saturated rings. The average molecular weight is 707 g/mol. The third kappa shape index (κ3) is 10.5. The van der Waals surface area contributed by atoms with Crippen LogP contribution in [-0.4, -0.2) is 29.3 Å². The van der Waals surface area contributed by atoms with Gasteiger partial charge in [-0.05, 0) is 72.8 Å². The number of nitrogens with zero attached hydrogens (tertiary/aromatic N) is 2. The highest BCUT2D eigenvalue weighted by molar-refractivity contribution is 14.1. The smallest absolute Gasteiger partial charge is 0.226 e. The Bertz CT molecular complexity index is 1620. The van der Waals surface area contributed by atoms with Gasteiger partial charge in [0.15, 0.2) is 0 Å². The summed E-state index contributed by atoms with van der Waals surface area (Å²) in [4.78, 5) is 8.76. The number of para-hydroxylation sites is 2. The van der Waals surface area contributed by atoms with Crippen molar-refractivity contribution in [1.82, 2.24) is 9.97 Å². The molecule has 1 N–H and O–H groups in total. The van der Waals surface area contributed by atoms with Gasteiger partial charge >= 0.3 is 0 Å². The predicted octanol–water partition coefficient (Wildman–Crippen LogP) is 9.24.